The molecule has 0 aliphatic carbocycles. The van der Waals surface area contributed by atoms with E-state index in [1.165, 1.54) is 4.90 Å². The zero-order valence-electron chi connectivity index (χ0n) is 12.2. The van der Waals surface area contributed by atoms with Gasteiger partial charge in [-0.15, -0.1) is 0 Å². The Morgan fingerprint density at radius 3 is 2.16 bits per heavy atom. The number of nitrogens with one attached hydrogen (secondary N) is 1. The summed E-state index contributed by atoms with van der Waals surface area (Å²) in [7, 11) is -1.86. The van der Waals surface area contributed by atoms with Crippen LogP contribution in [-0.2, 0) is 19.6 Å². The highest BCUT2D eigenvalue weighted by atomic mass is 32.2. The highest BCUT2D eigenvalue weighted by molar-refractivity contribution is 7.85. The maximum atomic E-state index is 10.9. The summed E-state index contributed by atoms with van der Waals surface area (Å²) in [6.45, 7) is 11.3. The standard InChI is InChI=1S/C9H17NO2.C3H8O3S/c1-5-10(4)6-7-12-9(11)8(2)3;1-2-3-7(4,5)6/h2,5-7H2,1,3-4H3;2-3H2,1H3,(H,4,5,6). The molecular weight excluding hydrogens is 270 g/mol. The van der Waals surface area contributed by atoms with Gasteiger partial charge in [0.05, 0.1) is 23.7 Å². The van der Waals surface area contributed by atoms with Crippen molar-refractivity contribution in [2.45, 2.75) is 27.2 Å². The molecule has 0 bridgehead atoms. The Balaban J connectivity index is 0. The van der Waals surface area contributed by atoms with E-state index in [4.69, 9.17) is 4.74 Å². The van der Waals surface area contributed by atoms with Gasteiger partial charge in [-0.2, -0.15) is 0 Å². The third kappa shape index (κ3) is 17.1. The fourth-order valence-corrected chi connectivity index (χ4v) is 1.37. The smallest absolute Gasteiger partial charge is 0.333 e. The summed E-state index contributed by atoms with van der Waals surface area (Å²) in [6, 6.07) is 0. The van der Waals surface area contributed by atoms with Gasteiger partial charge in [0.2, 0.25) is 0 Å². The molecule has 0 aliphatic heterocycles. The maximum absolute atomic E-state index is 10.9. The first-order chi connectivity index (χ1) is 8.64. The van der Waals surface area contributed by atoms with Crippen LogP contribution < -0.4 is 4.90 Å². The number of carbonyl (C=O) groups is 1. The molecular formula is C12H25NO5S. The molecule has 0 aliphatic rings. The van der Waals surface area contributed by atoms with Crippen LogP contribution in [0.25, 0.3) is 0 Å². The first-order valence-electron chi connectivity index (χ1n) is 6.21. The van der Waals surface area contributed by atoms with Crippen molar-refractivity contribution in [1.82, 2.24) is 0 Å². The zero-order chi connectivity index (χ0) is 15.5. The number of esters is 1. The van der Waals surface area contributed by atoms with Crippen LogP contribution in [0.2, 0.25) is 0 Å². The average Bonchev–Trinajstić information content (AvgIpc) is 2.27. The minimum atomic E-state index is -3.92. The molecule has 114 valence electrons. The topological polar surface area (TPSA) is 87.9 Å². The van der Waals surface area contributed by atoms with Gasteiger partial charge in [-0.1, -0.05) is 13.5 Å². The van der Waals surface area contributed by atoms with Crippen LogP contribution in [0.1, 0.15) is 27.2 Å². The van der Waals surface area contributed by atoms with Gasteiger partial charge in [0, 0.05) is 11.3 Å². The van der Waals surface area contributed by atoms with Gasteiger partial charge in [-0.05, 0) is 20.3 Å². The first kappa shape index (κ1) is 20.4. The monoisotopic (exact) mass is 295 g/mol. The highest BCUT2D eigenvalue weighted by Crippen LogP contribution is 1.89. The molecule has 0 spiro atoms. The number of rotatable bonds is 7. The summed E-state index contributed by atoms with van der Waals surface area (Å²) < 4.78 is 33.9. The lowest BCUT2D eigenvalue weighted by molar-refractivity contribution is -0.877. The second kappa shape index (κ2) is 11.0. The maximum Gasteiger partial charge on any atom is 0.333 e. The largest absolute Gasteiger partial charge is 0.748 e. The lowest BCUT2D eigenvalue weighted by atomic mass is 10.4. The van der Waals surface area contributed by atoms with Crippen molar-refractivity contribution in [3.63, 3.8) is 0 Å². The van der Waals surface area contributed by atoms with Crippen LogP contribution >= 0.6 is 0 Å². The van der Waals surface area contributed by atoms with E-state index in [1.54, 1.807) is 13.8 Å². The lowest BCUT2D eigenvalue weighted by Crippen LogP contribution is -3.09. The molecule has 6 nitrogen and oxygen atoms in total. The molecule has 0 aromatic heterocycles. The predicted octanol–water partition coefficient (Wildman–Crippen LogP) is -0.418. The minimum Gasteiger partial charge on any atom is -0.748 e. The molecule has 0 rings (SSSR count). The van der Waals surface area contributed by atoms with Gasteiger partial charge < -0.3 is 14.2 Å². The number of likely N-dealkylation sites (N-methyl/N-ethyl adjacent to an activating group) is 1. The number of hydrogen-bond acceptors (Lipinski definition) is 5. The van der Waals surface area contributed by atoms with E-state index in [-0.39, 0.29) is 11.7 Å². The number of hydrogen-bond donors (Lipinski definition) is 1. The van der Waals surface area contributed by atoms with Crippen LogP contribution in [0.5, 0.6) is 0 Å². The Morgan fingerprint density at radius 1 is 1.37 bits per heavy atom. The second-order valence-corrected chi connectivity index (χ2v) is 5.76. The van der Waals surface area contributed by atoms with E-state index in [0.29, 0.717) is 18.6 Å². The van der Waals surface area contributed by atoms with Crippen LogP contribution in [0, 0.1) is 0 Å². The van der Waals surface area contributed by atoms with E-state index in [1.807, 2.05) is 0 Å². The quantitative estimate of drug-likeness (QED) is 0.391. The number of carbonyl (C=O) groups excluding carboxylic acids is 1. The zero-order valence-corrected chi connectivity index (χ0v) is 13.0. The fourth-order valence-electron chi connectivity index (χ4n) is 0.868. The Labute approximate surface area is 116 Å². The number of quaternary nitrogens is 1. The molecule has 7 heteroatoms. The molecule has 1 N–H and O–H groups in total. The van der Waals surface area contributed by atoms with E-state index < -0.39 is 10.1 Å². The van der Waals surface area contributed by atoms with Crippen LogP contribution in [-0.4, -0.2) is 51.4 Å². The molecule has 0 heterocycles. The molecule has 0 saturated carbocycles. The van der Waals surface area contributed by atoms with Gasteiger partial charge >= 0.3 is 5.97 Å². The molecule has 0 amide bonds. The van der Waals surface area contributed by atoms with E-state index >= 15 is 0 Å². The predicted molar refractivity (Wildman–Crippen MR) is 72.9 cm³/mol. The average molecular weight is 295 g/mol. The molecule has 1 unspecified atom stereocenters. The third-order valence-electron chi connectivity index (χ3n) is 2.17. The van der Waals surface area contributed by atoms with Gasteiger partial charge in [-0.25, -0.2) is 13.2 Å². The molecule has 19 heavy (non-hydrogen) atoms. The van der Waals surface area contributed by atoms with Crippen LogP contribution in [0.15, 0.2) is 12.2 Å². The van der Waals surface area contributed by atoms with Gasteiger partial charge in [0.25, 0.3) is 0 Å². The SMILES string of the molecule is C=C(C)C(=O)OCC[NH+](C)CC.CCCS(=O)(=O)[O-]. The van der Waals surface area contributed by atoms with E-state index in [2.05, 4.69) is 20.6 Å². The second-order valence-electron chi connectivity index (χ2n) is 4.24. The number of ether oxygens (including phenoxy) is 1. The molecule has 0 radical (unpaired) electrons. The Bertz CT molecular complexity index is 364. The van der Waals surface area contributed by atoms with Crippen molar-refractivity contribution in [2.75, 3.05) is 32.5 Å². The molecule has 0 saturated heterocycles. The summed E-state index contributed by atoms with van der Waals surface area (Å²) in [5, 5.41) is 0. The summed E-state index contributed by atoms with van der Waals surface area (Å²) in [5.74, 6) is -0.536. The van der Waals surface area contributed by atoms with E-state index in [0.717, 1.165) is 13.1 Å². The van der Waals surface area contributed by atoms with Crippen molar-refractivity contribution >= 4 is 16.1 Å². The summed E-state index contributed by atoms with van der Waals surface area (Å²) >= 11 is 0. The molecule has 0 fully saturated rings. The van der Waals surface area contributed by atoms with Crippen LogP contribution in [0.4, 0.5) is 0 Å². The fraction of sp³-hybridized carbons (Fsp3) is 0.750. The van der Waals surface area contributed by atoms with E-state index in [9.17, 15) is 17.8 Å². The van der Waals surface area contributed by atoms with Gasteiger partial charge in [-0.3, -0.25) is 0 Å². The summed E-state index contributed by atoms with van der Waals surface area (Å²) in [4.78, 5) is 12.2. The van der Waals surface area contributed by atoms with Crippen molar-refractivity contribution in [2.24, 2.45) is 0 Å². The highest BCUT2D eigenvalue weighted by Gasteiger charge is 2.04. The Kier molecular flexibility index (Phi) is 11.8. The Morgan fingerprint density at radius 2 is 1.89 bits per heavy atom. The molecule has 0 aromatic carbocycles. The normalized spacial score (nSPS) is 12.1. The van der Waals surface area contributed by atoms with Gasteiger partial charge in [0.1, 0.15) is 13.2 Å². The first-order valence-corrected chi connectivity index (χ1v) is 7.79. The Hall–Kier alpha value is -0.920. The van der Waals surface area contributed by atoms with Crippen molar-refractivity contribution in [3.8, 4) is 0 Å². The molecule has 0 aromatic rings. The summed E-state index contributed by atoms with van der Waals surface area (Å²) in [6.07, 6.45) is 0.409. The van der Waals surface area contributed by atoms with Crippen LogP contribution in [0.3, 0.4) is 0 Å². The van der Waals surface area contributed by atoms with Crippen molar-refractivity contribution in [1.29, 1.82) is 0 Å². The van der Waals surface area contributed by atoms with Gasteiger partial charge in [0.15, 0.2) is 0 Å². The lowest BCUT2D eigenvalue weighted by Gasteiger charge is -2.10. The van der Waals surface area contributed by atoms with Crippen molar-refractivity contribution < 1.29 is 27.4 Å². The summed E-state index contributed by atoms with van der Waals surface area (Å²) in [5.41, 5.74) is 0.462. The third-order valence-corrected chi connectivity index (χ3v) is 3.08. The minimum absolute atomic E-state index is 0.243. The molecule has 1 atom stereocenters. The van der Waals surface area contributed by atoms with Crippen molar-refractivity contribution in [3.05, 3.63) is 12.2 Å².